The third kappa shape index (κ3) is 5.49. The highest BCUT2D eigenvalue weighted by atomic mass is 35.5. The second-order valence-corrected chi connectivity index (χ2v) is 14.6. The number of halogens is 2. The molecule has 1 aliphatic carbocycles. The molecule has 1 spiro atoms. The molecule has 5 heterocycles. The largest absolute Gasteiger partial charge is 0.481 e. The predicted molar refractivity (Wildman–Crippen MR) is 199 cm³/mol. The number of likely N-dealkylation sites (tertiary alicyclic amines) is 1. The van der Waals surface area contributed by atoms with E-state index in [0.717, 1.165) is 54.5 Å². The molecule has 3 aromatic heterocycles. The monoisotopic (exact) mass is 725 g/mol. The number of ether oxygens (including phenoxy) is 1. The topological polar surface area (TPSA) is 123 Å². The summed E-state index contributed by atoms with van der Waals surface area (Å²) in [5, 5.41) is 7.66. The molecule has 8 rings (SSSR count). The van der Waals surface area contributed by atoms with Gasteiger partial charge >= 0.3 is 5.69 Å². The van der Waals surface area contributed by atoms with Gasteiger partial charge in [-0.2, -0.15) is 0 Å². The molecule has 13 heteroatoms. The summed E-state index contributed by atoms with van der Waals surface area (Å²) in [5.74, 6) is 1.03. The smallest absolute Gasteiger partial charge is 0.330 e. The molecular weight excluding hydrogens is 689 g/mol. The van der Waals surface area contributed by atoms with Crippen LogP contribution < -0.4 is 26.6 Å². The number of anilines is 2. The minimum Gasteiger partial charge on any atom is -0.481 e. The molecule has 262 valence electrons. The summed E-state index contributed by atoms with van der Waals surface area (Å²) < 4.78 is 8.42. The normalized spacial score (nSPS) is 20.0. The fourth-order valence-corrected chi connectivity index (χ4v) is 8.80. The van der Waals surface area contributed by atoms with Crippen molar-refractivity contribution in [2.75, 3.05) is 25.5 Å². The van der Waals surface area contributed by atoms with Crippen LogP contribution in [0.15, 0.2) is 58.1 Å². The Morgan fingerprint density at radius 2 is 1.69 bits per heavy atom. The molecule has 2 unspecified atom stereocenters. The molecule has 2 aromatic carbocycles. The maximum atomic E-state index is 13.3. The van der Waals surface area contributed by atoms with Crippen molar-refractivity contribution in [3.8, 4) is 28.3 Å². The van der Waals surface area contributed by atoms with Crippen LogP contribution in [0.5, 0.6) is 5.88 Å². The number of hydrogen-bond donors (Lipinski definition) is 2. The lowest BCUT2D eigenvalue weighted by atomic mass is 9.97. The summed E-state index contributed by atoms with van der Waals surface area (Å²) in [7, 11) is 4.73. The van der Waals surface area contributed by atoms with Gasteiger partial charge in [0.15, 0.2) is 0 Å². The minimum absolute atomic E-state index is 0.121. The number of aromatic nitrogens is 4. The summed E-state index contributed by atoms with van der Waals surface area (Å²) in [5.41, 5.74) is 5.77. The van der Waals surface area contributed by atoms with E-state index in [1.54, 1.807) is 33.2 Å². The Bertz CT molecular complexity index is 2410. The quantitative estimate of drug-likeness (QED) is 0.216. The van der Waals surface area contributed by atoms with Crippen molar-refractivity contribution in [2.24, 2.45) is 14.1 Å². The highest BCUT2D eigenvalue weighted by Crippen LogP contribution is 2.47. The molecule has 5 aromatic rings. The third-order valence-electron chi connectivity index (χ3n) is 10.8. The van der Waals surface area contributed by atoms with Gasteiger partial charge < -0.3 is 15.4 Å². The Labute approximate surface area is 304 Å². The Balaban J connectivity index is 1.14. The van der Waals surface area contributed by atoms with Gasteiger partial charge in [-0.3, -0.25) is 23.6 Å². The highest BCUT2D eigenvalue weighted by Gasteiger charge is 2.46. The first-order valence-corrected chi connectivity index (χ1v) is 17.8. The van der Waals surface area contributed by atoms with Gasteiger partial charge in [0.05, 0.1) is 39.6 Å². The average Bonchev–Trinajstić information content (AvgIpc) is 3.84. The Morgan fingerprint density at radius 1 is 0.941 bits per heavy atom. The van der Waals surface area contributed by atoms with E-state index >= 15 is 0 Å². The lowest BCUT2D eigenvalue weighted by molar-refractivity contribution is -0.119. The lowest BCUT2D eigenvalue weighted by Gasteiger charge is -2.28. The molecule has 11 nitrogen and oxygen atoms in total. The van der Waals surface area contributed by atoms with Crippen molar-refractivity contribution >= 4 is 51.5 Å². The number of amides is 1. The first kappa shape index (κ1) is 33.4. The van der Waals surface area contributed by atoms with Gasteiger partial charge in [-0.1, -0.05) is 53.5 Å². The molecule has 0 bridgehead atoms. The van der Waals surface area contributed by atoms with Crippen molar-refractivity contribution in [1.82, 2.24) is 29.3 Å². The summed E-state index contributed by atoms with van der Waals surface area (Å²) in [6.45, 7) is 3.56. The number of rotatable bonds is 6. The van der Waals surface area contributed by atoms with Gasteiger partial charge in [0.25, 0.3) is 5.56 Å². The van der Waals surface area contributed by atoms with Gasteiger partial charge in [-0.25, -0.2) is 14.8 Å². The Hall–Kier alpha value is -4.71. The first-order chi connectivity index (χ1) is 24.5. The van der Waals surface area contributed by atoms with Gasteiger partial charge in [0, 0.05) is 67.6 Å². The predicted octanol–water partition coefficient (Wildman–Crippen LogP) is 6.07. The van der Waals surface area contributed by atoms with Crippen LogP contribution in [0.2, 0.25) is 10.0 Å². The van der Waals surface area contributed by atoms with E-state index < -0.39 is 11.2 Å². The number of nitrogens with one attached hydrogen (secondary N) is 2. The number of aryl methyl sites for hydroxylation is 3. The Kier molecular flexibility index (Phi) is 8.20. The van der Waals surface area contributed by atoms with Crippen molar-refractivity contribution in [3.05, 3.63) is 96.2 Å². The van der Waals surface area contributed by atoms with E-state index in [1.165, 1.54) is 17.2 Å². The maximum absolute atomic E-state index is 13.3. The van der Waals surface area contributed by atoms with E-state index in [1.807, 2.05) is 30.3 Å². The number of hydrogen-bond acceptors (Lipinski definition) is 8. The van der Waals surface area contributed by atoms with Crippen molar-refractivity contribution in [1.29, 1.82) is 0 Å². The van der Waals surface area contributed by atoms with Crippen LogP contribution in [-0.2, 0) is 25.3 Å². The standard InChI is InChI=1S/C38H37Cl2N7O4/c1-20-17-28-31(36(49)46(3)37(50)45(28)2)34(41-20)42-25-10-6-8-23(33(25)40)22-7-5-9-24(32(22)39)26-18-21-11-12-27(30(21)35(43-26)51-4)47-16-15-38(19-47)14-13-29(48)44-38/h5-10,17-18,27H,11-16,19H2,1-4H3,(H,41,42)(H,44,48). The number of carbonyl (C=O) groups excluding carboxylic acids is 1. The van der Waals surface area contributed by atoms with Gasteiger partial charge in [0.2, 0.25) is 11.8 Å². The molecular formula is C38H37Cl2N7O4. The fraction of sp³-hybridized carbons (Fsp3) is 0.342. The van der Waals surface area contributed by atoms with Gasteiger partial charge in [-0.05, 0) is 56.4 Å². The molecule has 2 N–H and O–H groups in total. The van der Waals surface area contributed by atoms with Crippen molar-refractivity contribution < 1.29 is 9.53 Å². The molecule has 2 aliphatic heterocycles. The summed E-state index contributed by atoms with van der Waals surface area (Å²) in [6.07, 6.45) is 4.28. The fourth-order valence-electron chi connectivity index (χ4n) is 8.20. The number of pyridine rings is 2. The molecule has 1 amide bonds. The van der Waals surface area contributed by atoms with E-state index in [-0.39, 0.29) is 22.9 Å². The maximum Gasteiger partial charge on any atom is 0.330 e. The van der Waals surface area contributed by atoms with Crippen LogP contribution in [0.1, 0.15) is 48.5 Å². The van der Waals surface area contributed by atoms with Crippen LogP contribution in [0.25, 0.3) is 33.3 Å². The molecule has 51 heavy (non-hydrogen) atoms. The van der Waals surface area contributed by atoms with Crippen LogP contribution in [0.3, 0.4) is 0 Å². The van der Waals surface area contributed by atoms with Crippen LogP contribution in [0, 0.1) is 6.92 Å². The molecule has 2 saturated heterocycles. The summed E-state index contributed by atoms with van der Waals surface area (Å²) >= 11 is 14.3. The zero-order valence-corrected chi connectivity index (χ0v) is 30.3. The highest BCUT2D eigenvalue weighted by molar-refractivity contribution is 6.39. The first-order valence-electron chi connectivity index (χ1n) is 17.0. The average molecular weight is 727 g/mol. The number of methoxy groups -OCH3 is 1. The minimum atomic E-state index is -0.457. The van der Waals surface area contributed by atoms with Crippen LogP contribution in [0.4, 0.5) is 11.5 Å². The van der Waals surface area contributed by atoms with Crippen LogP contribution in [-0.4, -0.2) is 55.6 Å². The summed E-state index contributed by atoms with van der Waals surface area (Å²) in [4.78, 5) is 50.0. The Morgan fingerprint density at radius 3 is 2.43 bits per heavy atom. The van der Waals surface area contributed by atoms with E-state index in [2.05, 4.69) is 26.6 Å². The van der Waals surface area contributed by atoms with Crippen LogP contribution >= 0.6 is 23.2 Å². The molecule has 2 atom stereocenters. The number of nitrogens with zero attached hydrogens (tertiary/aromatic N) is 5. The SMILES string of the molecule is COc1nc(-c2cccc(-c3cccc(Nc4nc(C)cc5c4c(=O)n(C)c(=O)n5C)c3Cl)c2Cl)cc2c1C(N1CCC3(CCC(=O)N3)C1)CC2. The second kappa shape index (κ2) is 12.5. The van der Waals surface area contributed by atoms with Crippen molar-refractivity contribution in [3.63, 3.8) is 0 Å². The van der Waals surface area contributed by atoms with Gasteiger partial charge in [-0.15, -0.1) is 0 Å². The second-order valence-electron chi connectivity index (χ2n) is 13.9. The number of carbonyl (C=O) groups is 1. The zero-order chi connectivity index (χ0) is 35.8. The molecule has 3 aliphatic rings. The molecule has 0 saturated carbocycles. The molecule has 0 radical (unpaired) electrons. The lowest BCUT2D eigenvalue weighted by Crippen LogP contribution is -2.44. The third-order valence-corrected chi connectivity index (χ3v) is 11.6. The van der Waals surface area contributed by atoms with Gasteiger partial charge in [0.1, 0.15) is 11.2 Å². The number of fused-ring (bicyclic) bond motifs is 2. The van der Waals surface area contributed by atoms with Crippen molar-refractivity contribution in [2.45, 2.75) is 50.6 Å². The van der Waals surface area contributed by atoms with E-state index in [9.17, 15) is 14.4 Å². The van der Waals surface area contributed by atoms with E-state index in [4.69, 9.17) is 32.9 Å². The van der Waals surface area contributed by atoms with E-state index in [0.29, 0.717) is 61.9 Å². The zero-order valence-electron chi connectivity index (χ0n) is 28.8. The summed E-state index contributed by atoms with van der Waals surface area (Å²) in [6, 6.07) is 15.3. The molecule has 2 fully saturated rings. The number of benzene rings is 2.